The Balaban J connectivity index is 2.26. The Hall–Kier alpha value is -2.63. The first-order valence-corrected chi connectivity index (χ1v) is 29.3. The van der Waals surface area contributed by atoms with E-state index in [0.717, 1.165) is 96.3 Å². The van der Waals surface area contributed by atoms with Crippen molar-refractivity contribution in [3.63, 3.8) is 0 Å². The van der Waals surface area contributed by atoms with Crippen LogP contribution in [0.2, 0.25) is 0 Å². The van der Waals surface area contributed by atoms with Crippen LogP contribution < -0.4 is 5.32 Å². The van der Waals surface area contributed by atoms with Crippen molar-refractivity contribution in [2.45, 2.75) is 288 Å². The number of nitrogens with one attached hydrogen (secondary N) is 1. The van der Waals surface area contributed by atoms with E-state index in [4.69, 9.17) is 9.47 Å². The van der Waals surface area contributed by atoms with Gasteiger partial charge in [-0.1, -0.05) is 240 Å². The largest absolute Gasteiger partial charge is 0.394 e. The number of hydrogen-bond acceptors (Lipinski definition) is 8. The van der Waals surface area contributed by atoms with E-state index in [-0.39, 0.29) is 12.5 Å². The molecule has 1 heterocycles. The summed E-state index contributed by atoms with van der Waals surface area (Å²) in [6.45, 7) is 3.64. The van der Waals surface area contributed by atoms with Gasteiger partial charge in [0.15, 0.2) is 6.29 Å². The van der Waals surface area contributed by atoms with E-state index in [0.29, 0.717) is 6.42 Å². The van der Waals surface area contributed by atoms with Gasteiger partial charge in [-0.2, -0.15) is 0 Å². The minimum absolute atomic E-state index is 0.207. The van der Waals surface area contributed by atoms with Gasteiger partial charge in [0.25, 0.3) is 0 Å². The van der Waals surface area contributed by atoms with Gasteiger partial charge in [0.05, 0.1) is 25.4 Å². The lowest BCUT2D eigenvalue weighted by Crippen LogP contribution is -2.60. The fourth-order valence-corrected chi connectivity index (χ4v) is 8.83. The molecule has 1 amide bonds. The fourth-order valence-electron chi connectivity index (χ4n) is 8.83. The zero-order chi connectivity index (χ0) is 51.5. The van der Waals surface area contributed by atoms with Crippen molar-refractivity contribution in [1.82, 2.24) is 5.32 Å². The molecule has 0 spiro atoms. The third-order valence-corrected chi connectivity index (χ3v) is 13.4. The normalized spacial score (nSPS) is 19.9. The van der Waals surface area contributed by atoms with E-state index in [2.05, 4.69) is 92.1 Å². The second-order valence-electron chi connectivity index (χ2n) is 20.0. The van der Waals surface area contributed by atoms with Crippen molar-refractivity contribution in [3.8, 4) is 0 Å². The van der Waals surface area contributed by atoms with Crippen molar-refractivity contribution in [3.05, 3.63) is 85.1 Å². The predicted octanol–water partition coefficient (Wildman–Crippen LogP) is 14.6. The van der Waals surface area contributed by atoms with E-state index < -0.39 is 49.5 Å². The first-order valence-electron chi connectivity index (χ1n) is 29.3. The summed E-state index contributed by atoms with van der Waals surface area (Å²) in [7, 11) is 0. The van der Waals surface area contributed by atoms with Gasteiger partial charge in [-0.15, -0.1) is 0 Å². The molecule has 0 bridgehead atoms. The molecule has 0 saturated carbocycles. The van der Waals surface area contributed by atoms with Crippen molar-refractivity contribution >= 4 is 5.91 Å². The molecule has 1 saturated heterocycles. The molecule has 9 heteroatoms. The highest BCUT2D eigenvalue weighted by molar-refractivity contribution is 5.76. The lowest BCUT2D eigenvalue weighted by atomic mass is 9.99. The number of aliphatic hydroxyl groups is 5. The Labute approximate surface area is 435 Å². The van der Waals surface area contributed by atoms with Gasteiger partial charge in [-0.05, 0) is 83.5 Å². The zero-order valence-corrected chi connectivity index (χ0v) is 45.5. The zero-order valence-electron chi connectivity index (χ0n) is 45.5. The Morgan fingerprint density at radius 1 is 0.493 bits per heavy atom. The van der Waals surface area contributed by atoms with Gasteiger partial charge in [-0.25, -0.2) is 0 Å². The van der Waals surface area contributed by atoms with Crippen molar-refractivity contribution in [2.75, 3.05) is 13.2 Å². The maximum absolute atomic E-state index is 13.0. The highest BCUT2D eigenvalue weighted by Gasteiger charge is 2.44. The number of carbonyl (C=O) groups excluding carboxylic acids is 1. The average molecular weight is 997 g/mol. The maximum atomic E-state index is 13.0. The Bertz CT molecular complexity index is 1390. The molecule has 71 heavy (non-hydrogen) atoms. The van der Waals surface area contributed by atoms with Crippen LogP contribution in [0.15, 0.2) is 85.1 Å². The van der Waals surface area contributed by atoms with Crippen molar-refractivity contribution < 1.29 is 39.8 Å². The lowest BCUT2D eigenvalue weighted by molar-refractivity contribution is -0.302. The van der Waals surface area contributed by atoms with Gasteiger partial charge < -0.3 is 40.3 Å². The molecular formula is C62H109NO8. The molecule has 0 aliphatic carbocycles. The predicted molar refractivity (Wildman–Crippen MR) is 299 cm³/mol. The van der Waals surface area contributed by atoms with Crippen LogP contribution in [0.1, 0.15) is 245 Å². The van der Waals surface area contributed by atoms with Crippen LogP contribution in [-0.4, -0.2) is 87.5 Å². The number of amides is 1. The molecule has 0 aromatic rings. The molecule has 1 rings (SSSR count). The number of ether oxygens (including phenoxy) is 2. The van der Waals surface area contributed by atoms with E-state index in [1.807, 2.05) is 6.08 Å². The molecule has 6 N–H and O–H groups in total. The van der Waals surface area contributed by atoms with Crippen molar-refractivity contribution in [1.29, 1.82) is 0 Å². The molecule has 0 aromatic carbocycles. The monoisotopic (exact) mass is 996 g/mol. The van der Waals surface area contributed by atoms with Crippen LogP contribution in [0.25, 0.3) is 0 Å². The Morgan fingerprint density at radius 2 is 0.887 bits per heavy atom. The first-order chi connectivity index (χ1) is 34.8. The summed E-state index contributed by atoms with van der Waals surface area (Å²) in [5, 5.41) is 54.5. The van der Waals surface area contributed by atoms with Crippen LogP contribution in [0.3, 0.4) is 0 Å². The third kappa shape index (κ3) is 40.4. The summed E-state index contributed by atoms with van der Waals surface area (Å²) in [4.78, 5) is 13.0. The highest BCUT2D eigenvalue weighted by Crippen LogP contribution is 2.23. The van der Waals surface area contributed by atoms with Crippen LogP contribution in [0.5, 0.6) is 0 Å². The molecule has 1 aliphatic rings. The topological polar surface area (TPSA) is 149 Å². The molecule has 1 fully saturated rings. The summed E-state index contributed by atoms with van der Waals surface area (Å²) in [6.07, 6.45) is 65.2. The van der Waals surface area contributed by atoms with Gasteiger partial charge in [0, 0.05) is 6.42 Å². The molecule has 0 aromatic heterocycles. The molecular weight excluding hydrogens is 887 g/mol. The van der Waals surface area contributed by atoms with Gasteiger partial charge in [-0.3, -0.25) is 4.79 Å². The molecule has 410 valence electrons. The Morgan fingerprint density at radius 3 is 1.35 bits per heavy atom. The summed E-state index contributed by atoms with van der Waals surface area (Å²) in [5.74, 6) is -0.207. The number of rotatable bonds is 49. The summed E-state index contributed by atoms with van der Waals surface area (Å²) < 4.78 is 11.2. The van der Waals surface area contributed by atoms with E-state index in [1.54, 1.807) is 6.08 Å². The smallest absolute Gasteiger partial charge is 0.220 e. The lowest BCUT2D eigenvalue weighted by Gasteiger charge is -2.40. The number of unbranched alkanes of at least 4 members (excludes halogenated alkanes) is 27. The average Bonchev–Trinajstić information content (AvgIpc) is 3.37. The summed E-state index contributed by atoms with van der Waals surface area (Å²) >= 11 is 0. The summed E-state index contributed by atoms with van der Waals surface area (Å²) in [5.41, 5.74) is 0. The van der Waals surface area contributed by atoms with Crippen LogP contribution in [0.4, 0.5) is 0 Å². The van der Waals surface area contributed by atoms with Crippen LogP contribution in [-0.2, 0) is 14.3 Å². The van der Waals surface area contributed by atoms with Gasteiger partial charge in [0.1, 0.15) is 24.4 Å². The van der Waals surface area contributed by atoms with Crippen LogP contribution >= 0.6 is 0 Å². The minimum Gasteiger partial charge on any atom is -0.394 e. The molecule has 0 radical (unpaired) electrons. The first kappa shape index (κ1) is 66.4. The molecule has 7 atom stereocenters. The van der Waals surface area contributed by atoms with Gasteiger partial charge in [0.2, 0.25) is 5.91 Å². The minimum atomic E-state index is -1.58. The Kier molecular flexibility index (Phi) is 47.6. The van der Waals surface area contributed by atoms with E-state index in [9.17, 15) is 30.3 Å². The second kappa shape index (κ2) is 50.9. The van der Waals surface area contributed by atoms with Gasteiger partial charge >= 0.3 is 0 Å². The highest BCUT2D eigenvalue weighted by atomic mass is 16.7. The van der Waals surface area contributed by atoms with Crippen molar-refractivity contribution in [2.24, 2.45) is 0 Å². The molecule has 9 nitrogen and oxygen atoms in total. The molecule has 1 aliphatic heterocycles. The molecule has 7 unspecified atom stereocenters. The number of allylic oxidation sites excluding steroid dienone is 13. The number of aliphatic hydroxyl groups excluding tert-OH is 5. The number of hydrogen-bond donors (Lipinski definition) is 6. The fraction of sp³-hybridized carbons (Fsp3) is 0.758. The van der Waals surface area contributed by atoms with E-state index >= 15 is 0 Å². The van der Waals surface area contributed by atoms with E-state index in [1.165, 1.54) is 128 Å². The second-order valence-corrected chi connectivity index (χ2v) is 20.0. The maximum Gasteiger partial charge on any atom is 0.220 e. The SMILES string of the molecule is CC/C=C\C/C=C\C/C=C\C/C=C\CCCCCCCCC(=O)NC(COC1OC(CO)C(O)C(O)C1O)C(O)/C=C/CC/C=C/CC/C=C/CCCCCCCCCCCCCCCCCCCCC. The third-order valence-electron chi connectivity index (χ3n) is 13.4. The quantitative estimate of drug-likeness (QED) is 0.0261. The number of carbonyl (C=O) groups is 1. The van der Waals surface area contributed by atoms with Crippen LogP contribution in [0, 0.1) is 0 Å². The summed E-state index contributed by atoms with van der Waals surface area (Å²) in [6, 6.07) is -0.842. The standard InChI is InChI=1S/C62H109NO8/c1-3-5-7-9-11-13-15-17-19-21-23-24-25-26-27-28-29-30-31-32-34-35-37-39-41-43-45-47-49-51-56(65)55(54-70-62-61(69)60(68)59(67)57(53-64)71-62)63-58(66)52-50-48-46-44-42-40-38-36-33-22-20-18-16-14-12-10-8-6-4-2/h6,8,12,14,18,20,33-36,41,43,49,51,55-57,59-62,64-65,67-69H,3-5,7,9-11,13,15-17,19,21-32,37-40,42,44-48,50,52-54H2,1-2H3,(H,63,66)/b8-6-,14-12-,20-18-,35-34+,36-33-,43-41+,51-49+.